The van der Waals surface area contributed by atoms with E-state index in [0.29, 0.717) is 5.76 Å². The number of amides is 1. The number of aryl methyl sites for hydroxylation is 1. The van der Waals surface area contributed by atoms with Gasteiger partial charge in [0.15, 0.2) is 5.76 Å². The Morgan fingerprint density at radius 1 is 1.03 bits per heavy atom. The van der Waals surface area contributed by atoms with Gasteiger partial charge in [-0.25, -0.2) is 0 Å². The Morgan fingerprint density at radius 3 is 2.56 bits per heavy atom. The molecule has 164 valence electrons. The van der Waals surface area contributed by atoms with E-state index in [2.05, 4.69) is 30.4 Å². The Morgan fingerprint density at radius 2 is 1.81 bits per heavy atom. The van der Waals surface area contributed by atoms with E-state index in [1.807, 2.05) is 66.3 Å². The highest BCUT2D eigenvalue weighted by atomic mass is 16.5. The number of nitrogens with one attached hydrogen (secondary N) is 1. The zero-order chi connectivity index (χ0) is 22.3. The zero-order valence-corrected chi connectivity index (χ0v) is 18.5. The van der Waals surface area contributed by atoms with E-state index in [-0.39, 0.29) is 24.3 Å². The second-order valence-corrected chi connectivity index (χ2v) is 7.83. The van der Waals surface area contributed by atoms with Gasteiger partial charge in [0, 0.05) is 18.1 Å². The monoisotopic (exact) mass is 428 g/mol. The number of hydrogen-bond acceptors (Lipinski definition) is 3. The van der Waals surface area contributed by atoms with Gasteiger partial charge in [-0.3, -0.25) is 4.79 Å². The van der Waals surface area contributed by atoms with Crippen molar-refractivity contribution in [2.24, 2.45) is 0 Å². The van der Waals surface area contributed by atoms with E-state index >= 15 is 0 Å². The Labute approximate surface area is 188 Å². The molecule has 2 aromatic carbocycles. The molecule has 0 saturated heterocycles. The van der Waals surface area contributed by atoms with Gasteiger partial charge in [0.05, 0.1) is 6.04 Å². The molecule has 1 N–H and O–H groups in total. The highest BCUT2D eigenvalue weighted by Crippen LogP contribution is 2.19. The van der Waals surface area contributed by atoms with Crippen LogP contribution >= 0.6 is 0 Å². The van der Waals surface area contributed by atoms with Crippen LogP contribution in [0.2, 0.25) is 0 Å². The van der Waals surface area contributed by atoms with Gasteiger partial charge in [0.25, 0.3) is 5.91 Å². The van der Waals surface area contributed by atoms with Crippen LogP contribution in [0.4, 0.5) is 0 Å². The lowest BCUT2D eigenvalue weighted by Crippen LogP contribution is -2.26. The summed E-state index contributed by atoms with van der Waals surface area (Å²) >= 11 is 0. The van der Waals surface area contributed by atoms with Gasteiger partial charge in [-0.05, 0) is 73.0 Å². The third kappa shape index (κ3) is 5.30. The summed E-state index contributed by atoms with van der Waals surface area (Å²) in [7, 11) is 0. The lowest BCUT2D eigenvalue weighted by atomic mass is 10.1. The van der Waals surface area contributed by atoms with Crippen LogP contribution in [0.3, 0.4) is 0 Å². The molecule has 2 heterocycles. The summed E-state index contributed by atoms with van der Waals surface area (Å²) in [5.74, 6) is 1.41. The van der Waals surface area contributed by atoms with Crippen molar-refractivity contribution in [1.82, 2.24) is 9.88 Å². The normalized spacial score (nSPS) is 11.8. The Kier molecular flexibility index (Phi) is 6.75. The number of aromatic nitrogens is 1. The molecule has 0 spiro atoms. The first-order chi connectivity index (χ1) is 15.6. The van der Waals surface area contributed by atoms with E-state index < -0.39 is 0 Å². The molecule has 0 bridgehead atoms. The first-order valence-corrected chi connectivity index (χ1v) is 11.0. The van der Waals surface area contributed by atoms with Gasteiger partial charge in [0.2, 0.25) is 0 Å². The molecular weight excluding hydrogens is 400 g/mol. The van der Waals surface area contributed by atoms with Crippen molar-refractivity contribution in [3.63, 3.8) is 0 Å². The molecule has 4 aromatic rings. The zero-order valence-electron chi connectivity index (χ0n) is 18.5. The Hall–Kier alpha value is -3.73. The fraction of sp³-hybridized carbons (Fsp3) is 0.222. The summed E-state index contributed by atoms with van der Waals surface area (Å²) in [6.07, 6.45) is 6.17. The summed E-state index contributed by atoms with van der Waals surface area (Å²) in [6, 6.07) is 23.4. The van der Waals surface area contributed by atoms with Crippen molar-refractivity contribution in [2.45, 2.75) is 39.3 Å². The van der Waals surface area contributed by atoms with Gasteiger partial charge in [-0.1, -0.05) is 37.6 Å². The van der Waals surface area contributed by atoms with Gasteiger partial charge < -0.3 is 19.0 Å². The van der Waals surface area contributed by atoms with Crippen molar-refractivity contribution in [1.29, 1.82) is 0 Å². The third-order valence-electron chi connectivity index (χ3n) is 5.35. The number of carbonyl (C=O) groups is 1. The number of ether oxygens (including phenoxy) is 1. The fourth-order valence-electron chi connectivity index (χ4n) is 3.59. The summed E-state index contributed by atoms with van der Waals surface area (Å²) < 4.78 is 13.5. The van der Waals surface area contributed by atoms with Gasteiger partial charge in [-0.15, -0.1) is 0 Å². The Bertz CT molecular complexity index is 1140. The second-order valence-electron chi connectivity index (χ2n) is 7.83. The maximum Gasteiger partial charge on any atom is 0.287 e. The minimum Gasteiger partial charge on any atom is -0.486 e. The highest BCUT2D eigenvalue weighted by molar-refractivity contribution is 5.91. The molecule has 0 saturated carbocycles. The smallest absolute Gasteiger partial charge is 0.287 e. The fourth-order valence-corrected chi connectivity index (χ4v) is 3.59. The molecule has 0 aliphatic rings. The molecule has 5 heteroatoms. The molecule has 0 fully saturated rings. The van der Waals surface area contributed by atoms with E-state index in [1.54, 1.807) is 12.1 Å². The van der Waals surface area contributed by atoms with Gasteiger partial charge >= 0.3 is 0 Å². The number of hydrogen-bond donors (Lipinski definition) is 1. The molecule has 32 heavy (non-hydrogen) atoms. The van der Waals surface area contributed by atoms with Crippen molar-refractivity contribution >= 4 is 5.91 Å². The van der Waals surface area contributed by atoms with Crippen molar-refractivity contribution in [2.75, 3.05) is 0 Å². The maximum atomic E-state index is 12.7. The van der Waals surface area contributed by atoms with Gasteiger partial charge in [-0.2, -0.15) is 0 Å². The molecule has 1 atom stereocenters. The van der Waals surface area contributed by atoms with E-state index in [9.17, 15) is 4.79 Å². The first-order valence-electron chi connectivity index (χ1n) is 11.0. The van der Waals surface area contributed by atoms with Crippen LogP contribution < -0.4 is 10.1 Å². The molecule has 4 rings (SSSR count). The van der Waals surface area contributed by atoms with E-state index in [1.165, 1.54) is 5.56 Å². The molecule has 0 aliphatic carbocycles. The van der Waals surface area contributed by atoms with Crippen molar-refractivity contribution in [3.8, 4) is 11.4 Å². The topological polar surface area (TPSA) is 56.4 Å². The molecule has 1 amide bonds. The van der Waals surface area contributed by atoms with Crippen molar-refractivity contribution < 1.29 is 13.9 Å². The minimum absolute atomic E-state index is 0.163. The van der Waals surface area contributed by atoms with Crippen LogP contribution in [0.1, 0.15) is 53.8 Å². The maximum absolute atomic E-state index is 12.7. The molecular formula is C27H28N2O3. The molecule has 2 aromatic heterocycles. The molecule has 5 nitrogen and oxygen atoms in total. The average Bonchev–Trinajstić information content (AvgIpc) is 3.51. The largest absolute Gasteiger partial charge is 0.486 e. The van der Waals surface area contributed by atoms with Crippen molar-refractivity contribution in [3.05, 3.63) is 108 Å². The standard InChI is InChI=1S/C27H28N2O3/c1-3-7-21-10-12-24(13-11-21)31-19-25-14-15-26(32-25)27(30)28-20(2)22-8-6-9-23(18-22)29-16-4-5-17-29/h4-6,8-18,20H,3,7,19H2,1-2H3,(H,28,30). The molecule has 0 radical (unpaired) electrons. The van der Waals surface area contributed by atoms with E-state index in [4.69, 9.17) is 9.15 Å². The summed E-state index contributed by atoms with van der Waals surface area (Å²) in [4.78, 5) is 12.7. The number of benzene rings is 2. The van der Waals surface area contributed by atoms with E-state index in [0.717, 1.165) is 29.8 Å². The van der Waals surface area contributed by atoms with Gasteiger partial charge in [0.1, 0.15) is 18.1 Å². The number of rotatable bonds is 9. The molecule has 0 aliphatic heterocycles. The summed E-state index contributed by atoms with van der Waals surface area (Å²) in [5, 5.41) is 3.01. The number of nitrogens with zero attached hydrogens (tertiary/aromatic N) is 1. The highest BCUT2D eigenvalue weighted by Gasteiger charge is 2.16. The Balaban J connectivity index is 1.34. The quantitative estimate of drug-likeness (QED) is 0.351. The predicted molar refractivity (Wildman–Crippen MR) is 125 cm³/mol. The third-order valence-corrected chi connectivity index (χ3v) is 5.35. The van der Waals surface area contributed by atoms with Crippen LogP contribution in [-0.2, 0) is 13.0 Å². The lowest BCUT2D eigenvalue weighted by molar-refractivity contribution is 0.0907. The summed E-state index contributed by atoms with van der Waals surface area (Å²) in [6.45, 7) is 4.40. The number of furan rings is 1. The second kappa shape index (κ2) is 10.1. The lowest BCUT2D eigenvalue weighted by Gasteiger charge is -2.15. The SMILES string of the molecule is CCCc1ccc(OCc2ccc(C(=O)NC(C)c3cccc(-n4cccc4)c3)o2)cc1. The molecule has 1 unspecified atom stereocenters. The summed E-state index contributed by atoms with van der Waals surface area (Å²) in [5.41, 5.74) is 3.37. The average molecular weight is 429 g/mol. The number of carbonyl (C=O) groups excluding carboxylic acids is 1. The van der Waals surface area contributed by atoms with Crippen LogP contribution in [0.15, 0.2) is 89.6 Å². The minimum atomic E-state index is -0.251. The predicted octanol–water partition coefficient (Wildman–Crippen LogP) is 6.09. The van der Waals surface area contributed by atoms with Crippen LogP contribution in [0.5, 0.6) is 5.75 Å². The van der Waals surface area contributed by atoms with Crippen LogP contribution in [0, 0.1) is 0 Å². The first kappa shape index (κ1) is 21.5. The van der Waals surface area contributed by atoms with Crippen LogP contribution in [-0.4, -0.2) is 10.5 Å². The van der Waals surface area contributed by atoms with Crippen LogP contribution in [0.25, 0.3) is 5.69 Å².